The topological polar surface area (TPSA) is 121 Å². The third-order valence-electron chi connectivity index (χ3n) is 7.11. The number of amides is 2. The summed E-state index contributed by atoms with van der Waals surface area (Å²) in [5.74, 6) is -2.69. The quantitative estimate of drug-likeness (QED) is 0.178. The Balaban J connectivity index is 1.45. The highest BCUT2D eigenvalue weighted by molar-refractivity contribution is 7.15. The van der Waals surface area contributed by atoms with E-state index in [-0.39, 0.29) is 5.91 Å². The van der Waals surface area contributed by atoms with Gasteiger partial charge in [-0.25, -0.2) is 9.78 Å². The number of aromatic nitrogens is 1. The Morgan fingerprint density at radius 3 is 2.23 bits per heavy atom. The first kappa shape index (κ1) is 31.5. The van der Waals surface area contributed by atoms with Crippen molar-refractivity contribution in [2.24, 2.45) is 0 Å². The number of unbranched alkanes of at least 4 members (excludes halogenated alkanes) is 9. The number of hydrogen-bond acceptors (Lipinski definition) is 7. The first-order chi connectivity index (χ1) is 19.5. The number of carbonyl (C=O) groups excluding carboxylic acids is 2. The Hall–Kier alpha value is -2.98. The van der Waals surface area contributed by atoms with Gasteiger partial charge in [0.1, 0.15) is 0 Å². The molecule has 1 aliphatic heterocycles. The van der Waals surface area contributed by atoms with E-state index in [1.165, 1.54) is 62.7 Å². The van der Waals surface area contributed by atoms with Gasteiger partial charge in [0, 0.05) is 36.3 Å². The molecule has 3 rings (SSSR count). The Labute approximate surface area is 241 Å². The van der Waals surface area contributed by atoms with Gasteiger partial charge in [0.15, 0.2) is 5.13 Å². The summed E-state index contributed by atoms with van der Waals surface area (Å²) in [5, 5.41) is 15.6. The minimum atomic E-state index is -1.53. The summed E-state index contributed by atoms with van der Waals surface area (Å²) in [4.78, 5) is 43.2. The molecule has 1 aromatic heterocycles. The average Bonchev–Trinajstić information content (AvgIpc) is 3.47. The zero-order chi connectivity index (χ0) is 28.6. The fourth-order valence-electron chi connectivity index (χ4n) is 4.73. The lowest BCUT2D eigenvalue weighted by Gasteiger charge is -2.26. The number of morpholine rings is 1. The predicted octanol–water partition coefficient (Wildman–Crippen LogP) is 5.12. The van der Waals surface area contributed by atoms with Crippen molar-refractivity contribution in [2.45, 2.75) is 83.6 Å². The van der Waals surface area contributed by atoms with Crippen molar-refractivity contribution in [2.75, 3.05) is 37.7 Å². The van der Waals surface area contributed by atoms with Gasteiger partial charge in [0.2, 0.25) is 0 Å². The van der Waals surface area contributed by atoms with Gasteiger partial charge in [-0.3, -0.25) is 9.59 Å². The normalized spacial score (nSPS) is 14.1. The standard InChI is InChI=1S/C30H44N4O5S/c1-2-3-4-5-6-7-8-9-10-11-16-31-27(35)24-14-12-23(13-15-24)21-25(33-28(36)29(37)38)26-22-32-30(40-26)34-17-19-39-20-18-34/h12-15,22,25H,2-11,16-21H2,1H3,(H,31,35)(H,33,36)(H,37,38). The van der Waals surface area contributed by atoms with Crippen LogP contribution in [-0.2, 0) is 20.7 Å². The number of hydrogen-bond donors (Lipinski definition) is 3. The molecule has 2 heterocycles. The number of nitrogens with zero attached hydrogens (tertiary/aromatic N) is 2. The molecule has 220 valence electrons. The molecular formula is C30H44N4O5S. The fraction of sp³-hybridized carbons (Fsp3) is 0.600. The Kier molecular flexibility index (Phi) is 13.9. The molecular weight excluding hydrogens is 528 g/mol. The van der Waals surface area contributed by atoms with E-state index in [2.05, 4.69) is 27.4 Å². The molecule has 1 aromatic carbocycles. The average molecular weight is 573 g/mol. The van der Waals surface area contributed by atoms with Crippen LogP contribution in [0.15, 0.2) is 30.5 Å². The van der Waals surface area contributed by atoms with Gasteiger partial charge < -0.3 is 25.4 Å². The summed E-state index contributed by atoms with van der Waals surface area (Å²) in [7, 11) is 0. The minimum Gasteiger partial charge on any atom is -0.474 e. The molecule has 0 radical (unpaired) electrons. The molecule has 1 aliphatic rings. The fourth-order valence-corrected chi connectivity index (χ4v) is 5.74. The van der Waals surface area contributed by atoms with Crippen LogP contribution in [0.3, 0.4) is 0 Å². The van der Waals surface area contributed by atoms with Gasteiger partial charge >= 0.3 is 11.9 Å². The summed E-state index contributed by atoms with van der Waals surface area (Å²) in [6, 6.07) is 6.68. The van der Waals surface area contributed by atoms with Crippen LogP contribution in [0.2, 0.25) is 0 Å². The summed E-state index contributed by atoms with van der Waals surface area (Å²) < 4.78 is 5.40. The first-order valence-corrected chi connectivity index (χ1v) is 15.5. The summed E-state index contributed by atoms with van der Waals surface area (Å²) >= 11 is 1.44. The van der Waals surface area contributed by atoms with Crippen molar-refractivity contribution in [3.63, 3.8) is 0 Å². The van der Waals surface area contributed by atoms with Crippen LogP contribution in [0, 0.1) is 0 Å². The van der Waals surface area contributed by atoms with Crippen LogP contribution >= 0.6 is 11.3 Å². The van der Waals surface area contributed by atoms with E-state index in [4.69, 9.17) is 9.84 Å². The van der Waals surface area contributed by atoms with E-state index >= 15 is 0 Å². The number of carboxylic acid groups (broad SMARTS) is 1. The second-order valence-electron chi connectivity index (χ2n) is 10.3. The molecule has 1 atom stereocenters. The number of carboxylic acids is 1. The zero-order valence-electron chi connectivity index (χ0n) is 23.7. The predicted molar refractivity (Wildman–Crippen MR) is 158 cm³/mol. The van der Waals surface area contributed by atoms with Crippen LogP contribution in [0.25, 0.3) is 0 Å². The van der Waals surface area contributed by atoms with Gasteiger partial charge in [-0.15, -0.1) is 0 Å². The molecule has 0 spiro atoms. The van der Waals surface area contributed by atoms with Crippen molar-refractivity contribution >= 4 is 34.3 Å². The van der Waals surface area contributed by atoms with E-state index in [1.807, 2.05) is 12.1 Å². The van der Waals surface area contributed by atoms with Gasteiger partial charge in [-0.2, -0.15) is 0 Å². The number of thiazole rings is 1. The highest BCUT2D eigenvalue weighted by Gasteiger charge is 2.23. The number of benzene rings is 1. The number of anilines is 1. The molecule has 40 heavy (non-hydrogen) atoms. The molecule has 9 nitrogen and oxygen atoms in total. The lowest BCUT2D eigenvalue weighted by molar-refractivity contribution is -0.150. The molecule has 0 bridgehead atoms. The first-order valence-electron chi connectivity index (χ1n) is 14.7. The molecule has 0 saturated carbocycles. The lowest BCUT2D eigenvalue weighted by atomic mass is 10.0. The third-order valence-corrected chi connectivity index (χ3v) is 8.28. The monoisotopic (exact) mass is 572 g/mol. The van der Waals surface area contributed by atoms with Crippen molar-refractivity contribution in [3.05, 3.63) is 46.5 Å². The van der Waals surface area contributed by atoms with Crippen LogP contribution in [0.4, 0.5) is 5.13 Å². The highest BCUT2D eigenvalue weighted by Crippen LogP contribution is 2.30. The van der Waals surface area contributed by atoms with Gasteiger partial charge in [-0.1, -0.05) is 88.2 Å². The number of nitrogens with one attached hydrogen (secondary N) is 2. The van der Waals surface area contributed by atoms with E-state index in [0.29, 0.717) is 31.7 Å². The molecule has 1 saturated heterocycles. The van der Waals surface area contributed by atoms with Gasteiger partial charge in [-0.05, 0) is 30.5 Å². The van der Waals surface area contributed by atoms with Gasteiger partial charge in [0.05, 0.1) is 19.3 Å². The molecule has 2 aromatic rings. The number of carbonyl (C=O) groups is 3. The summed E-state index contributed by atoms with van der Waals surface area (Å²) in [6.45, 7) is 5.64. The summed E-state index contributed by atoms with van der Waals surface area (Å²) in [6.07, 6.45) is 14.6. The maximum Gasteiger partial charge on any atom is 0.394 e. The van der Waals surface area contributed by atoms with Crippen molar-refractivity contribution in [1.82, 2.24) is 15.6 Å². The number of aliphatic carboxylic acids is 1. The Morgan fingerprint density at radius 2 is 1.60 bits per heavy atom. The number of rotatable bonds is 17. The summed E-state index contributed by atoms with van der Waals surface area (Å²) in [5.41, 5.74) is 1.46. The highest BCUT2D eigenvalue weighted by atomic mass is 32.1. The van der Waals surface area contributed by atoms with E-state index in [9.17, 15) is 14.4 Å². The number of ether oxygens (including phenoxy) is 1. The van der Waals surface area contributed by atoms with Crippen LogP contribution in [0.5, 0.6) is 0 Å². The maximum absolute atomic E-state index is 12.6. The second kappa shape index (κ2) is 17.7. The van der Waals surface area contributed by atoms with E-state index in [1.54, 1.807) is 18.3 Å². The molecule has 1 unspecified atom stereocenters. The van der Waals surface area contributed by atoms with Crippen molar-refractivity contribution in [3.8, 4) is 0 Å². The van der Waals surface area contributed by atoms with Crippen LogP contribution in [-0.4, -0.2) is 60.7 Å². The van der Waals surface area contributed by atoms with Crippen LogP contribution < -0.4 is 15.5 Å². The molecule has 2 amide bonds. The van der Waals surface area contributed by atoms with E-state index in [0.717, 1.165) is 41.5 Å². The van der Waals surface area contributed by atoms with E-state index < -0.39 is 17.9 Å². The molecule has 0 aliphatic carbocycles. The minimum absolute atomic E-state index is 0.101. The Morgan fingerprint density at radius 1 is 0.975 bits per heavy atom. The zero-order valence-corrected chi connectivity index (χ0v) is 24.5. The molecule has 10 heteroatoms. The smallest absolute Gasteiger partial charge is 0.394 e. The Bertz CT molecular complexity index is 1050. The van der Waals surface area contributed by atoms with Gasteiger partial charge in [0.25, 0.3) is 5.91 Å². The SMILES string of the molecule is CCCCCCCCCCCCNC(=O)c1ccc(CC(NC(=O)C(=O)O)c2cnc(N3CCOCC3)s2)cc1. The largest absolute Gasteiger partial charge is 0.474 e. The second-order valence-corrected chi connectivity index (χ2v) is 11.4. The van der Waals surface area contributed by atoms with Crippen molar-refractivity contribution < 1.29 is 24.2 Å². The lowest BCUT2D eigenvalue weighted by Crippen LogP contribution is -2.36. The maximum atomic E-state index is 12.6. The molecule has 1 fully saturated rings. The third kappa shape index (κ3) is 10.9. The van der Waals surface area contributed by atoms with Crippen molar-refractivity contribution in [1.29, 1.82) is 0 Å². The molecule has 3 N–H and O–H groups in total. The van der Waals surface area contributed by atoms with Crippen LogP contribution in [0.1, 0.15) is 98.0 Å².